The molecule has 0 aromatic heterocycles. The largest absolute Gasteiger partial charge is 0.466 e. The molecule has 0 heterocycles. The average molecular weight is 304 g/mol. The molecule has 22 heavy (non-hydrogen) atoms. The molecule has 0 N–H and O–H groups in total. The second kappa shape index (κ2) is 6.17. The number of ether oxygens (including phenoxy) is 1. The summed E-state index contributed by atoms with van der Waals surface area (Å²) in [6.45, 7) is 2.49. The van der Waals surface area contributed by atoms with Crippen molar-refractivity contribution in [2.45, 2.75) is 71.1 Å². The molecule has 4 aliphatic rings. The highest BCUT2D eigenvalue weighted by molar-refractivity contribution is 5.73. The van der Waals surface area contributed by atoms with Crippen molar-refractivity contribution in [2.75, 3.05) is 6.61 Å². The average Bonchev–Trinajstić information content (AvgIpc) is 2.98. The van der Waals surface area contributed by atoms with Gasteiger partial charge in [-0.1, -0.05) is 25.7 Å². The smallest absolute Gasteiger partial charge is 0.309 e. The predicted molar refractivity (Wildman–Crippen MR) is 87.2 cm³/mol. The number of carbonyl (C=O) groups excluding carboxylic acids is 1. The number of fused-ring (bicyclic) bond motifs is 4. The minimum atomic E-state index is 0.126. The van der Waals surface area contributed by atoms with Gasteiger partial charge in [0.15, 0.2) is 0 Å². The topological polar surface area (TPSA) is 26.3 Å². The lowest BCUT2D eigenvalue weighted by atomic mass is 9.54. The van der Waals surface area contributed by atoms with Crippen LogP contribution in [0.1, 0.15) is 71.1 Å². The molecule has 4 saturated carbocycles. The van der Waals surface area contributed by atoms with Gasteiger partial charge in [-0.3, -0.25) is 4.79 Å². The fourth-order valence-electron chi connectivity index (χ4n) is 6.86. The Labute approximate surface area is 135 Å². The quantitative estimate of drug-likeness (QED) is 0.684. The fourth-order valence-corrected chi connectivity index (χ4v) is 6.86. The van der Waals surface area contributed by atoms with Crippen LogP contribution in [0.5, 0.6) is 0 Å². The molecule has 0 aromatic carbocycles. The summed E-state index contributed by atoms with van der Waals surface area (Å²) in [4.78, 5) is 12.4. The van der Waals surface area contributed by atoms with Crippen molar-refractivity contribution in [1.82, 2.24) is 0 Å². The molecule has 2 nitrogen and oxygen atoms in total. The number of esters is 1. The Kier molecular flexibility index (Phi) is 4.21. The van der Waals surface area contributed by atoms with Crippen molar-refractivity contribution in [3.05, 3.63) is 0 Å². The van der Waals surface area contributed by atoms with E-state index in [0.29, 0.717) is 12.5 Å². The van der Waals surface area contributed by atoms with Gasteiger partial charge in [0.1, 0.15) is 0 Å². The zero-order valence-corrected chi connectivity index (χ0v) is 14.1. The molecule has 7 unspecified atom stereocenters. The number of hydrogen-bond donors (Lipinski definition) is 0. The van der Waals surface area contributed by atoms with Gasteiger partial charge in [-0.25, -0.2) is 0 Å². The Morgan fingerprint density at radius 1 is 0.864 bits per heavy atom. The van der Waals surface area contributed by atoms with E-state index in [9.17, 15) is 4.79 Å². The summed E-state index contributed by atoms with van der Waals surface area (Å²) in [6, 6.07) is 0. The van der Waals surface area contributed by atoms with Gasteiger partial charge in [0.05, 0.1) is 12.5 Å². The molecular weight excluding hydrogens is 272 g/mol. The van der Waals surface area contributed by atoms with Gasteiger partial charge in [0.2, 0.25) is 0 Å². The summed E-state index contributed by atoms with van der Waals surface area (Å²) in [6.07, 6.45) is 14.0. The minimum Gasteiger partial charge on any atom is -0.466 e. The van der Waals surface area contributed by atoms with Crippen LogP contribution in [0.25, 0.3) is 0 Å². The summed E-state index contributed by atoms with van der Waals surface area (Å²) in [5, 5.41) is 0. The van der Waals surface area contributed by atoms with Crippen LogP contribution < -0.4 is 0 Å². The van der Waals surface area contributed by atoms with E-state index in [1.807, 2.05) is 6.92 Å². The third-order valence-electron chi connectivity index (χ3n) is 7.70. The van der Waals surface area contributed by atoms with Crippen LogP contribution >= 0.6 is 0 Å². The van der Waals surface area contributed by atoms with E-state index in [1.54, 1.807) is 0 Å². The highest BCUT2D eigenvalue weighted by atomic mass is 16.5. The summed E-state index contributed by atoms with van der Waals surface area (Å²) in [7, 11) is 0. The van der Waals surface area contributed by atoms with Gasteiger partial charge in [0, 0.05) is 0 Å². The fraction of sp³-hybridized carbons (Fsp3) is 0.950. The van der Waals surface area contributed by atoms with E-state index in [-0.39, 0.29) is 11.9 Å². The van der Waals surface area contributed by atoms with Crippen molar-refractivity contribution in [2.24, 2.45) is 41.4 Å². The number of rotatable bonds is 2. The number of hydrogen-bond acceptors (Lipinski definition) is 2. The molecule has 4 fully saturated rings. The first-order valence-corrected chi connectivity index (χ1v) is 9.94. The van der Waals surface area contributed by atoms with Crippen LogP contribution in [0.3, 0.4) is 0 Å². The first-order chi connectivity index (χ1) is 10.8. The third-order valence-corrected chi connectivity index (χ3v) is 7.70. The summed E-state index contributed by atoms with van der Waals surface area (Å²) >= 11 is 0. The van der Waals surface area contributed by atoms with Crippen molar-refractivity contribution in [3.8, 4) is 0 Å². The first kappa shape index (κ1) is 15.0. The van der Waals surface area contributed by atoms with E-state index in [0.717, 1.165) is 36.0 Å². The van der Waals surface area contributed by atoms with Gasteiger partial charge < -0.3 is 4.74 Å². The van der Waals surface area contributed by atoms with Crippen LogP contribution in [0.2, 0.25) is 0 Å². The van der Waals surface area contributed by atoms with Crippen molar-refractivity contribution >= 4 is 5.97 Å². The lowest BCUT2D eigenvalue weighted by molar-refractivity contribution is -0.152. The van der Waals surface area contributed by atoms with Crippen LogP contribution in [-0.2, 0) is 9.53 Å². The van der Waals surface area contributed by atoms with Gasteiger partial charge >= 0.3 is 5.97 Å². The molecule has 124 valence electrons. The van der Waals surface area contributed by atoms with Crippen LogP contribution in [0.15, 0.2) is 0 Å². The normalized spacial score (nSPS) is 47.2. The maximum Gasteiger partial charge on any atom is 0.309 e. The van der Waals surface area contributed by atoms with E-state index in [2.05, 4.69) is 0 Å². The van der Waals surface area contributed by atoms with Crippen LogP contribution in [0, 0.1) is 41.4 Å². The van der Waals surface area contributed by atoms with Crippen LogP contribution in [-0.4, -0.2) is 12.6 Å². The Hall–Kier alpha value is -0.530. The Morgan fingerprint density at radius 2 is 1.55 bits per heavy atom. The van der Waals surface area contributed by atoms with E-state index >= 15 is 0 Å². The predicted octanol–water partition coefficient (Wildman–Crippen LogP) is 4.82. The Bertz CT molecular complexity index is 418. The summed E-state index contributed by atoms with van der Waals surface area (Å²) in [5.41, 5.74) is 0. The standard InChI is InChI=1S/C20H32O2/c1-2-22-20(21)17-10-9-13-7-8-16-11-14-5-3-4-6-15(14)12-18(16)19(13)17/h13-19H,2-12H2,1H3. The van der Waals surface area contributed by atoms with Gasteiger partial charge in [-0.05, 0) is 81.0 Å². The van der Waals surface area contributed by atoms with E-state index < -0.39 is 0 Å². The first-order valence-electron chi connectivity index (χ1n) is 9.94. The second-order valence-corrected chi connectivity index (χ2v) is 8.55. The molecule has 4 rings (SSSR count). The molecule has 0 amide bonds. The monoisotopic (exact) mass is 304 g/mol. The highest BCUT2D eigenvalue weighted by Gasteiger charge is 2.52. The summed E-state index contributed by atoms with van der Waals surface area (Å²) < 4.78 is 5.42. The second-order valence-electron chi connectivity index (χ2n) is 8.55. The van der Waals surface area contributed by atoms with Gasteiger partial charge in [0.25, 0.3) is 0 Å². The van der Waals surface area contributed by atoms with Gasteiger partial charge in [-0.2, -0.15) is 0 Å². The van der Waals surface area contributed by atoms with Crippen molar-refractivity contribution in [3.63, 3.8) is 0 Å². The van der Waals surface area contributed by atoms with Crippen molar-refractivity contribution < 1.29 is 9.53 Å². The molecular formula is C20H32O2. The van der Waals surface area contributed by atoms with Crippen molar-refractivity contribution in [1.29, 1.82) is 0 Å². The molecule has 0 spiro atoms. The minimum absolute atomic E-state index is 0.126. The van der Waals surface area contributed by atoms with Crippen LogP contribution in [0.4, 0.5) is 0 Å². The SMILES string of the molecule is CCOC(=O)C1CCC2CCC3CC4CCCCC4CC3C21. The molecule has 0 aromatic rings. The van der Waals surface area contributed by atoms with E-state index in [1.165, 1.54) is 57.8 Å². The maximum absolute atomic E-state index is 12.4. The molecule has 0 bridgehead atoms. The molecule has 7 atom stereocenters. The lowest BCUT2D eigenvalue weighted by Gasteiger charge is -2.51. The zero-order chi connectivity index (χ0) is 15.1. The highest BCUT2D eigenvalue weighted by Crippen LogP contribution is 2.58. The molecule has 4 aliphatic carbocycles. The Balaban J connectivity index is 1.52. The Morgan fingerprint density at radius 3 is 2.32 bits per heavy atom. The van der Waals surface area contributed by atoms with E-state index in [4.69, 9.17) is 4.74 Å². The number of carbonyl (C=O) groups is 1. The maximum atomic E-state index is 12.4. The zero-order valence-electron chi connectivity index (χ0n) is 14.1. The lowest BCUT2D eigenvalue weighted by Crippen LogP contribution is -2.44. The van der Waals surface area contributed by atoms with Gasteiger partial charge in [-0.15, -0.1) is 0 Å². The third kappa shape index (κ3) is 2.51. The molecule has 0 saturated heterocycles. The molecule has 2 heteroatoms. The summed E-state index contributed by atoms with van der Waals surface area (Å²) in [5.74, 6) is 5.63. The molecule has 0 aliphatic heterocycles. The molecule has 0 radical (unpaired) electrons.